The average molecular weight is 267 g/mol. The molecule has 6 heteroatoms. The molecule has 0 N–H and O–H groups in total. The minimum absolute atomic E-state index is 0.189. The van der Waals surface area contributed by atoms with Gasteiger partial charge in [-0.1, -0.05) is 22.9 Å². The van der Waals surface area contributed by atoms with E-state index in [1.165, 1.54) is 6.42 Å². The Balaban J connectivity index is 2.11. The van der Waals surface area contributed by atoms with Crippen LogP contribution in [0.25, 0.3) is 0 Å². The molecular weight excluding hydrogens is 250 g/mol. The van der Waals surface area contributed by atoms with Gasteiger partial charge >= 0.3 is 10.0 Å². The second-order valence-corrected chi connectivity index (χ2v) is 6.06. The van der Waals surface area contributed by atoms with Gasteiger partial charge in [0.2, 0.25) is 0 Å². The molecule has 0 aliphatic carbocycles. The second-order valence-electron chi connectivity index (χ2n) is 4.47. The van der Waals surface area contributed by atoms with Crippen LogP contribution in [-0.4, -0.2) is 26.5 Å². The number of hydrogen-bond acceptors (Lipinski definition) is 3. The molecule has 1 heterocycles. The van der Waals surface area contributed by atoms with Gasteiger partial charge < -0.3 is 0 Å². The zero-order valence-electron chi connectivity index (χ0n) is 10.4. The molecule has 1 aliphatic heterocycles. The Morgan fingerprint density at radius 3 is 2.28 bits per heavy atom. The second kappa shape index (κ2) is 5.48. The van der Waals surface area contributed by atoms with Gasteiger partial charge in [0.25, 0.3) is 0 Å². The van der Waals surface area contributed by atoms with E-state index in [0.717, 1.165) is 31.5 Å². The molecule has 0 bridgehead atoms. The van der Waals surface area contributed by atoms with Crippen molar-refractivity contribution in [2.75, 3.05) is 13.1 Å². The Kier molecular flexibility index (Phi) is 3.96. The summed E-state index contributed by atoms with van der Waals surface area (Å²) in [5.74, 6) is 0. The van der Waals surface area contributed by atoms with Crippen LogP contribution in [0.15, 0.2) is 38.9 Å². The summed E-state index contributed by atoms with van der Waals surface area (Å²) >= 11 is 0. The lowest BCUT2D eigenvalue weighted by Gasteiger charge is -2.21. The van der Waals surface area contributed by atoms with Gasteiger partial charge in [-0.3, -0.25) is 5.01 Å². The lowest BCUT2D eigenvalue weighted by atomic mass is 10.2. The largest absolute Gasteiger partial charge is 0.301 e. The van der Waals surface area contributed by atoms with Gasteiger partial charge in [0.15, 0.2) is 0 Å². The van der Waals surface area contributed by atoms with Gasteiger partial charge in [-0.25, -0.2) is 0 Å². The molecule has 98 valence electrons. The summed E-state index contributed by atoms with van der Waals surface area (Å²) in [5, 5.41) is 5.54. The molecular formula is C12H17N3O2S. The van der Waals surface area contributed by atoms with E-state index in [-0.39, 0.29) is 4.90 Å². The molecule has 0 amide bonds. The summed E-state index contributed by atoms with van der Waals surface area (Å²) in [7, 11) is -3.66. The smallest absolute Gasteiger partial charge is 0.278 e. The predicted octanol–water partition coefficient (Wildman–Crippen LogP) is 2.54. The highest BCUT2D eigenvalue weighted by Crippen LogP contribution is 2.15. The first-order valence-corrected chi connectivity index (χ1v) is 7.51. The summed E-state index contributed by atoms with van der Waals surface area (Å²) in [5.41, 5.74) is 1.02. The van der Waals surface area contributed by atoms with Crippen molar-refractivity contribution in [2.45, 2.75) is 31.1 Å². The molecule has 0 atom stereocenters. The number of sulfonamides is 1. The van der Waals surface area contributed by atoms with Crippen LogP contribution in [0.5, 0.6) is 0 Å². The SMILES string of the molecule is Cc1ccc(S(=O)(=O)/N=N/N2CCCCC2)cc1. The van der Waals surface area contributed by atoms with E-state index in [2.05, 4.69) is 9.74 Å². The normalized spacial score (nSPS) is 17.3. The fraction of sp³-hybridized carbons (Fsp3) is 0.500. The van der Waals surface area contributed by atoms with Crippen molar-refractivity contribution in [3.05, 3.63) is 29.8 Å². The Morgan fingerprint density at radius 1 is 1.06 bits per heavy atom. The van der Waals surface area contributed by atoms with Crippen molar-refractivity contribution in [2.24, 2.45) is 9.74 Å². The molecule has 0 saturated carbocycles. The molecule has 0 radical (unpaired) electrons. The fourth-order valence-corrected chi connectivity index (χ4v) is 2.60. The highest BCUT2D eigenvalue weighted by molar-refractivity contribution is 7.90. The summed E-state index contributed by atoms with van der Waals surface area (Å²) in [6.45, 7) is 3.48. The Labute approximate surface area is 108 Å². The van der Waals surface area contributed by atoms with E-state index < -0.39 is 10.0 Å². The van der Waals surface area contributed by atoms with E-state index in [0.29, 0.717) is 0 Å². The van der Waals surface area contributed by atoms with Crippen molar-refractivity contribution >= 4 is 10.0 Å². The van der Waals surface area contributed by atoms with Gasteiger partial charge in [-0.05, 0) is 42.8 Å². The molecule has 1 aliphatic rings. The van der Waals surface area contributed by atoms with E-state index in [1.54, 1.807) is 29.3 Å². The van der Waals surface area contributed by atoms with E-state index >= 15 is 0 Å². The van der Waals surface area contributed by atoms with Crippen molar-refractivity contribution in [1.29, 1.82) is 0 Å². The predicted molar refractivity (Wildman–Crippen MR) is 68.6 cm³/mol. The minimum Gasteiger partial charge on any atom is -0.278 e. The summed E-state index contributed by atoms with van der Waals surface area (Å²) in [4.78, 5) is 0.189. The van der Waals surface area contributed by atoms with Gasteiger partial charge in [-0.2, -0.15) is 8.42 Å². The zero-order chi connectivity index (χ0) is 13.0. The molecule has 1 aromatic carbocycles. The molecule has 1 saturated heterocycles. The number of benzene rings is 1. The van der Waals surface area contributed by atoms with Crippen LogP contribution < -0.4 is 0 Å². The third kappa shape index (κ3) is 3.29. The lowest BCUT2D eigenvalue weighted by Crippen LogP contribution is -2.24. The summed E-state index contributed by atoms with van der Waals surface area (Å²) in [6.07, 6.45) is 3.27. The number of aryl methyl sites for hydroxylation is 1. The summed E-state index contributed by atoms with van der Waals surface area (Å²) < 4.78 is 27.3. The summed E-state index contributed by atoms with van der Waals surface area (Å²) in [6, 6.07) is 6.62. The van der Waals surface area contributed by atoms with Crippen LogP contribution in [0.2, 0.25) is 0 Å². The van der Waals surface area contributed by atoms with Gasteiger partial charge in [0, 0.05) is 13.1 Å². The average Bonchev–Trinajstić information content (AvgIpc) is 2.38. The lowest BCUT2D eigenvalue weighted by molar-refractivity contribution is 0.226. The maximum absolute atomic E-state index is 11.9. The fourth-order valence-electron chi connectivity index (χ4n) is 1.82. The first-order valence-electron chi connectivity index (χ1n) is 6.07. The third-order valence-corrected chi connectivity index (χ3v) is 4.08. The zero-order valence-corrected chi connectivity index (χ0v) is 11.2. The number of nitrogens with zero attached hydrogens (tertiary/aromatic N) is 3. The van der Waals surface area contributed by atoms with Crippen LogP contribution >= 0.6 is 0 Å². The molecule has 5 nitrogen and oxygen atoms in total. The Hall–Kier alpha value is -1.43. The van der Waals surface area contributed by atoms with Crippen molar-refractivity contribution < 1.29 is 8.42 Å². The Morgan fingerprint density at radius 2 is 1.67 bits per heavy atom. The number of hydrogen-bond donors (Lipinski definition) is 0. The first kappa shape index (κ1) is 13.0. The van der Waals surface area contributed by atoms with Crippen LogP contribution in [0, 0.1) is 6.92 Å². The van der Waals surface area contributed by atoms with E-state index in [4.69, 9.17) is 0 Å². The molecule has 0 aromatic heterocycles. The molecule has 2 rings (SSSR count). The number of rotatable bonds is 3. The van der Waals surface area contributed by atoms with E-state index in [1.807, 2.05) is 6.92 Å². The maximum atomic E-state index is 11.9. The van der Waals surface area contributed by atoms with Gasteiger partial charge in [0.05, 0.1) is 4.90 Å². The highest BCUT2D eigenvalue weighted by Gasteiger charge is 2.14. The minimum atomic E-state index is -3.66. The van der Waals surface area contributed by atoms with Crippen molar-refractivity contribution in [3.8, 4) is 0 Å². The third-order valence-electron chi connectivity index (χ3n) is 2.92. The topological polar surface area (TPSA) is 62.1 Å². The van der Waals surface area contributed by atoms with Gasteiger partial charge in [0.1, 0.15) is 0 Å². The molecule has 1 fully saturated rings. The molecule has 18 heavy (non-hydrogen) atoms. The molecule has 1 aromatic rings. The highest BCUT2D eigenvalue weighted by atomic mass is 32.2. The quantitative estimate of drug-likeness (QED) is 0.791. The van der Waals surface area contributed by atoms with Crippen molar-refractivity contribution in [3.63, 3.8) is 0 Å². The molecule has 0 unspecified atom stereocenters. The monoisotopic (exact) mass is 267 g/mol. The maximum Gasteiger partial charge on any atom is 0.301 e. The Bertz CT molecular complexity index is 517. The van der Waals surface area contributed by atoms with E-state index in [9.17, 15) is 8.42 Å². The van der Waals surface area contributed by atoms with Crippen molar-refractivity contribution in [1.82, 2.24) is 5.01 Å². The van der Waals surface area contributed by atoms with Crippen LogP contribution in [0.3, 0.4) is 0 Å². The molecule has 0 spiro atoms. The van der Waals surface area contributed by atoms with Crippen LogP contribution in [-0.2, 0) is 10.0 Å². The van der Waals surface area contributed by atoms with Gasteiger partial charge in [-0.15, -0.1) is 0 Å². The van der Waals surface area contributed by atoms with Crippen LogP contribution in [0.1, 0.15) is 24.8 Å². The number of piperidine rings is 1. The first-order chi connectivity index (χ1) is 8.58. The standard InChI is InChI=1S/C12H17N3O2S/c1-11-5-7-12(8-6-11)18(16,17)14-13-15-9-3-2-4-10-15/h5-8H,2-4,9-10H2,1H3/b14-13+. The van der Waals surface area contributed by atoms with Crippen LogP contribution in [0.4, 0.5) is 0 Å².